The first-order chi connectivity index (χ1) is 9.95. The number of nitrogens with zero attached hydrogens (tertiary/aromatic N) is 2. The van der Waals surface area contributed by atoms with Crippen LogP contribution in [-0.4, -0.2) is 59.4 Å². The van der Waals surface area contributed by atoms with Crippen LogP contribution in [-0.2, 0) is 14.4 Å². The molecule has 0 aromatic heterocycles. The zero-order valence-electron chi connectivity index (χ0n) is 13.0. The number of carboxylic acids is 1. The molecule has 6 heteroatoms. The lowest BCUT2D eigenvalue weighted by molar-refractivity contribution is -0.146. The van der Waals surface area contributed by atoms with Gasteiger partial charge in [0.1, 0.15) is 0 Å². The van der Waals surface area contributed by atoms with E-state index in [2.05, 4.69) is 6.92 Å². The standard InChI is InChI=1S/C15H26N2O4/c1-3-4-5-6-13(18)16(2)11-14(19)17-9-7-12(8-10-17)15(20)21/h12H,3-11H2,1-2H3,(H,20,21). The molecule has 0 bridgehead atoms. The van der Waals surface area contributed by atoms with Gasteiger partial charge in [-0.05, 0) is 19.3 Å². The molecular formula is C15H26N2O4. The summed E-state index contributed by atoms with van der Waals surface area (Å²) in [5, 5.41) is 8.93. The first-order valence-corrected chi connectivity index (χ1v) is 7.70. The summed E-state index contributed by atoms with van der Waals surface area (Å²) in [4.78, 5) is 38.0. The normalized spacial score (nSPS) is 15.8. The predicted octanol–water partition coefficient (Wildman–Crippen LogP) is 1.35. The average Bonchev–Trinajstić information content (AvgIpc) is 2.47. The molecule has 2 amide bonds. The number of hydrogen-bond acceptors (Lipinski definition) is 3. The minimum absolute atomic E-state index is 0.00257. The van der Waals surface area contributed by atoms with E-state index in [-0.39, 0.29) is 24.3 Å². The Morgan fingerprint density at radius 3 is 2.33 bits per heavy atom. The van der Waals surface area contributed by atoms with E-state index in [0.29, 0.717) is 32.4 Å². The number of likely N-dealkylation sites (tertiary alicyclic amines) is 1. The summed E-state index contributed by atoms with van der Waals surface area (Å²) in [7, 11) is 1.65. The molecule has 1 N–H and O–H groups in total. The smallest absolute Gasteiger partial charge is 0.306 e. The van der Waals surface area contributed by atoms with Crippen LogP contribution in [0, 0.1) is 5.92 Å². The molecule has 1 heterocycles. The predicted molar refractivity (Wildman–Crippen MR) is 78.7 cm³/mol. The van der Waals surface area contributed by atoms with Crippen LogP contribution >= 0.6 is 0 Å². The molecule has 1 fully saturated rings. The lowest BCUT2D eigenvalue weighted by Crippen LogP contribution is -2.45. The van der Waals surface area contributed by atoms with Crippen molar-refractivity contribution < 1.29 is 19.5 Å². The van der Waals surface area contributed by atoms with E-state index >= 15 is 0 Å². The Balaban J connectivity index is 2.33. The number of carbonyl (C=O) groups excluding carboxylic acids is 2. The number of hydrogen-bond donors (Lipinski definition) is 1. The van der Waals surface area contributed by atoms with Gasteiger partial charge in [-0.2, -0.15) is 0 Å². The van der Waals surface area contributed by atoms with Crippen molar-refractivity contribution in [2.45, 2.75) is 45.4 Å². The topological polar surface area (TPSA) is 77.9 Å². The highest BCUT2D eigenvalue weighted by atomic mass is 16.4. The fourth-order valence-electron chi connectivity index (χ4n) is 2.48. The molecule has 0 aromatic carbocycles. The SMILES string of the molecule is CCCCCC(=O)N(C)CC(=O)N1CCC(C(=O)O)CC1. The Kier molecular flexibility index (Phi) is 7.19. The van der Waals surface area contributed by atoms with Crippen LogP contribution in [0.2, 0.25) is 0 Å². The highest BCUT2D eigenvalue weighted by Gasteiger charge is 2.27. The number of carboxylic acid groups (broad SMARTS) is 1. The van der Waals surface area contributed by atoms with Gasteiger partial charge in [-0.15, -0.1) is 0 Å². The zero-order chi connectivity index (χ0) is 15.8. The number of likely N-dealkylation sites (N-methyl/N-ethyl adjacent to an activating group) is 1. The maximum absolute atomic E-state index is 12.1. The molecule has 120 valence electrons. The van der Waals surface area contributed by atoms with Gasteiger partial charge in [0.25, 0.3) is 0 Å². The van der Waals surface area contributed by atoms with Crippen LogP contribution in [0.4, 0.5) is 0 Å². The van der Waals surface area contributed by atoms with Crippen molar-refractivity contribution in [2.75, 3.05) is 26.7 Å². The van der Waals surface area contributed by atoms with Crippen molar-refractivity contribution in [3.63, 3.8) is 0 Å². The van der Waals surface area contributed by atoms with Crippen LogP contribution in [0.15, 0.2) is 0 Å². The Morgan fingerprint density at radius 1 is 1.19 bits per heavy atom. The Bertz CT molecular complexity index is 376. The van der Waals surface area contributed by atoms with Crippen LogP contribution in [0.1, 0.15) is 45.4 Å². The largest absolute Gasteiger partial charge is 0.481 e. The molecule has 1 aliphatic heterocycles. The lowest BCUT2D eigenvalue weighted by Gasteiger charge is -2.31. The molecule has 0 radical (unpaired) electrons. The van der Waals surface area contributed by atoms with Crippen molar-refractivity contribution in [1.82, 2.24) is 9.80 Å². The van der Waals surface area contributed by atoms with Gasteiger partial charge in [-0.25, -0.2) is 0 Å². The van der Waals surface area contributed by atoms with Crippen LogP contribution in [0.5, 0.6) is 0 Å². The van der Waals surface area contributed by atoms with E-state index in [9.17, 15) is 14.4 Å². The number of carbonyl (C=O) groups is 3. The fourth-order valence-corrected chi connectivity index (χ4v) is 2.48. The fraction of sp³-hybridized carbons (Fsp3) is 0.800. The summed E-state index contributed by atoms with van der Waals surface area (Å²) in [5.41, 5.74) is 0. The van der Waals surface area contributed by atoms with Gasteiger partial charge in [0.15, 0.2) is 0 Å². The van der Waals surface area contributed by atoms with Crippen molar-refractivity contribution in [2.24, 2.45) is 5.92 Å². The van der Waals surface area contributed by atoms with Crippen molar-refractivity contribution in [3.05, 3.63) is 0 Å². The van der Waals surface area contributed by atoms with Gasteiger partial charge >= 0.3 is 5.97 Å². The molecule has 0 aromatic rings. The van der Waals surface area contributed by atoms with E-state index in [0.717, 1.165) is 19.3 Å². The third kappa shape index (κ3) is 5.73. The zero-order valence-corrected chi connectivity index (χ0v) is 13.0. The van der Waals surface area contributed by atoms with Crippen molar-refractivity contribution in [3.8, 4) is 0 Å². The second-order valence-electron chi connectivity index (χ2n) is 5.70. The summed E-state index contributed by atoms with van der Waals surface area (Å²) < 4.78 is 0. The summed E-state index contributed by atoms with van der Waals surface area (Å²) in [6.07, 6.45) is 4.42. The quantitative estimate of drug-likeness (QED) is 0.720. The van der Waals surface area contributed by atoms with Gasteiger partial charge in [0.05, 0.1) is 12.5 Å². The average molecular weight is 298 g/mol. The van der Waals surface area contributed by atoms with Crippen LogP contribution in [0.3, 0.4) is 0 Å². The second kappa shape index (κ2) is 8.64. The van der Waals surface area contributed by atoms with Crippen LogP contribution < -0.4 is 0 Å². The van der Waals surface area contributed by atoms with E-state index < -0.39 is 5.97 Å². The highest BCUT2D eigenvalue weighted by Crippen LogP contribution is 2.17. The number of unbranched alkanes of at least 4 members (excludes halogenated alkanes) is 2. The van der Waals surface area contributed by atoms with Crippen molar-refractivity contribution in [1.29, 1.82) is 0 Å². The maximum atomic E-state index is 12.1. The molecule has 0 spiro atoms. The molecule has 0 aliphatic carbocycles. The summed E-state index contributed by atoms with van der Waals surface area (Å²) in [5.74, 6) is -1.23. The van der Waals surface area contributed by atoms with Gasteiger partial charge in [0.2, 0.25) is 11.8 Å². The molecule has 0 atom stereocenters. The molecule has 0 saturated carbocycles. The number of aliphatic carboxylic acids is 1. The molecule has 6 nitrogen and oxygen atoms in total. The first-order valence-electron chi connectivity index (χ1n) is 7.70. The molecule has 1 saturated heterocycles. The highest BCUT2D eigenvalue weighted by molar-refractivity contribution is 5.84. The van der Waals surface area contributed by atoms with Crippen LogP contribution in [0.25, 0.3) is 0 Å². The third-order valence-electron chi connectivity index (χ3n) is 3.99. The minimum atomic E-state index is -0.787. The van der Waals surface area contributed by atoms with E-state index in [1.54, 1.807) is 11.9 Å². The number of piperidine rings is 1. The van der Waals surface area contributed by atoms with Gasteiger partial charge in [-0.3, -0.25) is 14.4 Å². The molecule has 1 aliphatic rings. The van der Waals surface area contributed by atoms with Crippen molar-refractivity contribution >= 4 is 17.8 Å². The number of rotatable bonds is 7. The lowest BCUT2D eigenvalue weighted by atomic mass is 9.97. The minimum Gasteiger partial charge on any atom is -0.481 e. The Morgan fingerprint density at radius 2 is 1.81 bits per heavy atom. The Hall–Kier alpha value is -1.59. The van der Waals surface area contributed by atoms with E-state index in [4.69, 9.17) is 5.11 Å². The third-order valence-corrected chi connectivity index (χ3v) is 3.99. The molecular weight excluding hydrogens is 272 g/mol. The van der Waals surface area contributed by atoms with Gasteiger partial charge in [-0.1, -0.05) is 19.8 Å². The Labute approximate surface area is 126 Å². The van der Waals surface area contributed by atoms with E-state index in [1.165, 1.54) is 4.90 Å². The first kappa shape index (κ1) is 17.5. The summed E-state index contributed by atoms with van der Waals surface area (Å²) in [6, 6.07) is 0. The molecule has 0 unspecified atom stereocenters. The summed E-state index contributed by atoms with van der Waals surface area (Å²) in [6.45, 7) is 3.10. The summed E-state index contributed by atoms with van der Waals surface area (Å²) >= 11 is 0. The van der Waals surface area contributed by atoms with E-state index in [1.807, 2.05) is 0 Å². The number of amides is 2. The molecule has 21 heavy (non-hydrogen) atoms. The van der Waals surface area contributed by atoms with Gasteiger partial charge < -0.3 is 14.9 Å². The second-order valence-corrected chi connectivity index (χ2v) is 5.70. The monoisotopic (exact) mass is 298 g/mol. The van der Waals surface area contributed by atoms with Gasteiger partial charge in [0, 0.05) is 26.6 Å². The molecule has 1 rings (SSSR count). The maximum Gasteiger partial charge on any atom is 0.306 e.